The minimum absolute atomic E-state index is 0.334. The molecule has 0 radical (unpaired) electrons. The number of hydrogen-bond donors (Lipinski definition) is 2. The van der Waals surface area contributed by atoms with Gasteiger partial charge in [-0.15, -0.1) is 0 Å². The zero-order valence-electron chi connectivity index (χ0n) is 7.46. The normalized spacial score (nSPS) is 24.7. The van der Waals surface area contributed by atoms with Crippen LogP contribution in [-0.2, 0) is 16.8 Å². The van der Waals surface area contributed by atoms with E-state index < -0.39 is 17.3 Å². The molecule has 1 aliphatic rings. The van der Waals surface area contributed by atoms with Gasteiger partial charge in [0, 0.05) is 0 Å². The van der Waals surface area contributed by atoms with E-state index in [2.05, 4.69) is 0 Å². The second-order valence-electron chi connectivity index (χ2n) is 3.58. The van der Waals surface area contributed by atoms with Crippen molar-refractivity contribution < 1.29 is 14.3 Å². The molecular formula is C10H10FNO2. The maximum atomic E-state index is 12.9. The van der Waals surface area contributed by atoms with Crippen LogP contribution in [-0.4, -0.2) is 11.1 Å². The number of fused-ring (bicyclic) bond motifs is 1. The van der Waals surface area contributed by atoms with Crippen LogP contribution in [0.25, 0.3) is 0 Å². The molecule has 1 aromatic carbocycles. The first kappa shape index (κ1) is 9.15. The van der Waals surface area contributed by atoms with Crippen molar-refractivity contribution in [3.63, 3.8) is 0 Å². The summed E-state index contributed by atoms with van der Waals surface area (Å²) in [6, 6.07) is 4.14. The summed E-state index contributed by atoms with van der Waals surface area (Å²) in [6.07, 6.45) is 0.930. The Balaban J connectivity index is 2.58. The monoisotopic (exact) mass is 195 g/mol. The number of aliphatic carboxylic acids is 1. The van der Waals surface area contributed by atoms with E-state index in [1.807, 2.05) is 0 Å². The average molecular weight is 195 g/mol. The molecule has 0 aromatic heterocycles. The lowest BCUT2D eigenvalue weighted by Gasteiger charge is -2.19. The zero-order chi connectivity index (χ0) is 10.3. The van der Waals surface area contributed by atoms with Crippen LogP contribution in [0, 0.1) is 5.82 Å². The molecule has 1 aliphatic carbocycles. The van der Waals surface area contributed by atoms with E-state index in [9.17, 15) is 9.18 Å². The zero-order valence-corrected chi connectivity index (χ0v) is 7.46. The molecule has 0 saturated carbocycles. The first-order valence-electron chi connectivity index (χ1n) is 4.35. The Labute approximate surface area is 80.3 Å². The van der Waals surface area contributed by atoms with Gasteiger partial charge in [0.05, 0.1) is 0 Å². The van der Waals surface area contributed by atoms with Crippen molar-refractivity contribution in [1.29, 1.82) is 0 Å². The Bertz CT molecular complexity index is 405. The van der Waals surface area contributed by atoms with Crippen LogP contribution in [0.4, 0.5) is 4.39 Å². The standard InChI is InChI=1S/C10H10FNO2/c11-7-2-1-6-3-4-10(12,9(13)14)8(6)5-7/h1-2,5H,3-4,12H2,(H,13,14). The topological polar surface area (TPSA) is 63.3 Å². The fraction of sp³-hybridized carbons (Fsp3) is 0.300. The molecule has 0 aliphatic heterocycles. The van der Waals surface area contributed by atoms with Crippen molar-refractivity contribution in [3.8, 4) is 0 Å². The van der Waals surface area contributed by atoms with Gasteiger partial charge in [-0.1, -0.05) is 6.07 Å². The fourth-order valence-corrected chi connectivity index (χ4v) is 1.87. The van der Waals surface area contributed by atoms with Crippen molar-refractivity contribution in [3.05, 3.63) is 35.1 Å². The van der Waals surface area contributed by atoms with Crippen LogP contribution in [0.3, 0.4) is 0 Å². The van der Waals surface area contributed by atoms with Crippen LogP contribution in [0.5, 0.6) is 0 Å². The first-order valence-corrected chi connectivity index (χ1v) is 4.35. The van der Waals surface area contributed by atoms with Gasteiger partial charge < -0.3 is 10.8 Å². The van der Waals surface area contributed by atoms with Gasteiger partial charge in [0.15, 0.2) is 0 Å². The molecule has 0 fully saturated rings. The van der Waals surface area contributed by atoms with Crippen LogP contribution >= 0.6 is 0 Å². The molecule has 1 aromatic rings. The summed E-state index contributed by atoms with van der Waals surface area (Å²) in [5, 5.41) is 8.96. The molecule has 3 nitrogen and oxygen atoms in total. The van der Waals surface area contributed by atoms with Gasteiger partial charge in [-0.25, -0.2) is 9.18 Å². The van der Waals surface area contributed by atoms with Gasteiger partial charge in [-0.05, 0) is 36.1 Å². The number of rotatable bonds is 1. The van der Waals surface area contributed by atoms with E-state index in [1.54, 1.807) is 6.07 Å². The highest BCUT2D eigenvalue weighted by molar-refractivity contribution is 5.82. The van der Waals surface area contributed by atoms with Gasteiger partial charge in [0.2, 0.25) is 0 Å². The van der Waals surface area contributed by atoms with E-state index in [-0.39, 0.29) is 0 Å². The van der Waals surface area contributed by atoms with Crippen molar-refractivity contribution in [2.24, 2.45) is 5.73 Å². The van der Waals surface area contributed by atoms with Crippen LogP contribution in [0.1, 0.15) is 17.5 Å². The summed E-state index contributed by atoms with van der Waals surface area (Å²) >= 11 is 0. The molecule has 74 valence electrons. The molecule has 4 heteroatoms. The van der Waals surface area contributed by atoms with Crippen LogP contribution in [0.15, 0.2) is 18.2 Å². The van der Waals surface area contributed by atoms with E-state index in [0.29, 0.717) is 18.4 Å². The molecule has 2 rings (SSSR count). The summed E-state index contributed by atoms with van der Waals surface area (Å²) in [6.45, 7) is 0. The van der Waals surface area contributed by atoms with E-state index in [4.69, 9.17) is 10.8 Å². The van der Waals surface area contributed by atoms with Gasteiger partial charge in [0.1, 0.15) is 11.4 Å². The number of carboxylic acid groups (broad SMARTS) is 1. The van der Waals surface area contributed by atoms with Crippen molar-refractivity contribution >= 4 is 5.97 Å². The van der Waals surface area contributed by atoms with Crippen LogP contribution < -0.4 is 5.73 Å². The van der Waals surface area contributed by atoms with E-state index in [0.717, 1.165) is 5.56 Å². The Morgan fingerprint density at radius 3 is 2.93 bits per heavy atom. The Kier molecular flexibility index (Phi) is 1.82. The lowest BCUT2D eigenvalue weighted by Crippen LogP contribution is -2.42. The molecular weight excluding hydrogens is 185 g/mol. The third-order valence-electron chi connectivity index (χ3n) is 2.72. The number of carboxylic acids is 1. The molecule has 1 atom stereocenters. The van der Waals surface area contributed by atoms with Crippen molar-refractivity contribution in [1.82, 2.24) is 0 Å². The van der Waals surface area contributed by atoms with Gasteiger partial charge in [-0.2, -0.15) is 0 Å². The Morgan fingerprint density at radius 1 is 1.57 bits per heavy atom. The summed E-state index contributed by atoms with van der Waals surface area (Å²) in [5.41, 5.74) is 5.55. The highest BCUT2D eigenvalue weighted by Crippen LogP contribution is 2.35. The highest BCUT2D eigenvalue weighted by Gasteiger charge is 2.42. The smallest absolute Gasteiger partial charge is 0.328 e. The maximum Gasteiger partial charge on any atom is 0.328 e. The van der Waals surface area contributed by atoms with Gasteiger partial charge in [-0.3, -0.25) is 0 Å². The van der Waals surface area contributed by atoms with E-state index >= 15 is 0 Å². The third kappa shape index (κ3) is 1.11. The molecule has 0 bridgehead atoms. The molecule has 0 saturated heterocycles. The summed E-state index contributed by atoms with van der Waals surface area (Å²) in [5.74, 6) is -1.54. The summed E-state index contributed by atoms with van der Waals surface area (Å²) < 4.78 is 12.9. The largest absolute Gasteiger partial charge is 0.480 e. The first-order chi connectivity index (χ1) is 6.54. The molecule has 0 heterocycles. The molecule has 1 unspecified atom stereocenters. The highest BCUT2D eigenvalue weighted by atomic mass is 19.1. The summed E-state index contributed by atoms with van der Waals surface area (Å²) in [4.78, 5) is 10.9. The summed E-state index contributed by atoms with van der Waals surface area (Å²) in [7, 11) is 0. The SMILES string of the molecule is NC1(C(=O)O)CCc2ccc(F)cc21. The van der Waals surface area contributed by atoms with Crippen LogP contribution in [0.2, 0.25) is 0 Å². The minimum atomic E-state index is -1.41. The van der Waals surface area contributed by atoms with Gasteiger partial charge >= 0.3 is 5.97 Å². The Morgan fingerprint density at radius 2 is 2.29 bits per heavy atom. The fourth-order valence-electron chi connectivity index (χ4n) is 1.87. The number of benzene rings is 1. The number of carbonyl (C=O) groups is 1. The molecule has 3 N–H and O–H groups in total. The third-order valence-corrected chi connectivity index (χ3v) is 2.72. The lowest BCUT2D eigenvalue weighted by molar-refractivity contribution is -0.143. The Hall–Kier alpha value is -1.42. The van der Waals surface area contributed by atoms with Crippen molar-refractivity contribution in [2.75, 3.05) is 0 Å². The number of aryl methyl sites for hydroxylation is 1. The van der Waals surface area contributed by atoms with Gasteiger partial charge in [0.25, 0.3) is 0 Å². The second-order valence-corrected chi connectivity index (χ2v) is 3.58. The van der Waals surface area contributed by atoms with E-state index in [1.165, 1.54) is 12.1 Å². The minimum Gasteiger partial charge on any atom is -0.480 e. The van der Waals surface area contributed by atoms with Crippen molar-refractivity contribution in [2.45, 2.75) is 18.4 Å². The number of nitrogens with two attached hydrogens (primary N) is 1. The quantitative estimate of drug-likeness (QED) is 0.703. The number of hydrogen-bond acceptors (Lipinski definition) is 2. The lowest BCUT2D eigenvalue weighted by atomic mass is 9.93. The predicted octanol–water partition coefficient (Wildman–Crippen LogP) is 1.01. The predicted molar refractivity (Wildman–Crippen MR) is 48.2 cm³/mol. The average Bonchev–Trinajstić information content (AvgIpc) is 2.46. The molecule has 0 spiro atoms. The molecule has 0 amide bonds. The second kappa shape index (κ2) is 2.78. The number of halogens is 1. The maximum absolute atomic E-state index is 12.9. The molecule has 14 heavy (non-hydrogen) atoms.